The number of hydrogen-bond donors (Lipinski definition) is 1. The summed E-state index contributed by atoms with van der Waals surface area (Å²) in [4.78, 5) is 12.6. The van der Waals surface area contributed by atoms with E-state index in [1.165, 1.54) is 24.2 Å². The van der Waals surface area contributed by atoms with Crippen molar-refractivity contribution in [2.75, 3.05) is 11.9 Å². The maximum atomic E-state index is 13.4. The van der Waals surface area contributed by atoms with Gasteiger partial charge in [-0.05, 0) is 42.7 Å². The number of fused-ring (bicyclic) bond motifs is 1. The van der Waals surface area contributed by atoms with Crippen LogP contribution < -0.4 is 5.32 Å². The maximum absolute atomic E-state index is 13.4. The highest BCUT2D eigenvalue weighted by atomic mass is 19.4. The number of hydrogen-bond acceptors (Lipinski definition) is 4. The molecule has 2 heterocycles. The van der Waals surface area contributed by atoms with Crippen molar-refractivity contribution < 1.29 is 13.2 Å². The van der Waals surface area contributed by atoms with Crippen molar-refractivity contribution in [2.24, 2.45) is 0 Å². The molecule has 4 nitrogen and oxygen atoms in total. The van der Waals surface area contributed by atoms with E-state index in [9.17, 15) is 13.2 Å². The van der Waals surface area contributed by atoms with Crippen LogP contribution in [-0.2, 0) is 11.6 Å². The van der Waals surface area contributed by atoms with Crippen LogP contribution in [-0.4, -0.2) is 21.5 Å². The molecule has 0 unspecified atom stereocenters. The summed E-state index contributed by atoms with van der Waals surface area (Å²) in [5.74, 6) is 0.677. The lowest BCUT2D eigenvalue weighted by Gasteiger charge is -2.18. The van der Waals surface area contributed by atoms with Crippen LogP contribution in [0.3, 0.4) is 0 Å². The summed E-state index contributed by atoms with van der Waals surface area (Å²) in [6.07, 6.45) is 0.529. The van der Waals surface area contributed by atoms with Gasteiger partial charge in [-0.25, -0.2) is 9.97 Å². The Labute approximate surface area is 177 Å². The summed E-state index contributed by atoms with van der Waals surface area (Å²) in [5.41, 5.74) is 1.48. The highest BCUT2D eigenvalue weighted by Gasteiger charge is 2.44. The molecule has 0 aliphatic heterocycles. The monoisotopic (exact) mass is 420 g/mol. The van der Waals surface area contributed by atoms with Gasteiger partial charge in [0.2, 0.25) is 0 Å². The molecule has 2 aromatic heterocycles. The summed E-state index contributed by atoms with van der Waals surface area (Å²) in [5, 5.41) is 4.20. The Balaban J connectivity index is 1.46. The average molecular weight is 420 g/mol. The Kier molecular flexibility index (Phi) is 4.61. The Morgan fingerprint density at radius 2 is 1.71 bits per heavy atom. The average Bonchev–Trinajstić information content (AvgIpc) is 3.58. The van der Waals surface area contributed by atoms with E-state index in [4.69, 9.17) is 0 Å². The van der Waals surface area contributed by atoms with E-state index < -0.39 is 11.7 Å². The number of nitrogens with zero attached hydrogens (tertiary/aromatic N) is 3. The SMILES string of the molecule is FC(F)(F)c1cccnc1-c1ccc2c(NCC3(c4ccccc4)CC3)ncnc2c1. The molecule has 0 radical (unpaired) electrons. The third kappa shape index (κ3) is 3.71. The molecule has 0 saturated heterocycles. The first-order valence-corrected chi connectivity index (χ1v) is 10.0. The molecule has 1 saturated carbocycles. The summed E-state index contributed by atoms with van der Waals surface area (Å²) in [6, 6.07) is 17.7. The summed E-state index contributed by atoms with van der Waals surface area (Å²) < 4.78 is 40.2. The largest absolute Gasteiger partial charge is 0.418 e. The lowest BCUT2D eigenvalue weighted by atomic mass is 9.96. The van der Waals surface area contributed by atoms with Crippen LogP contribution in [0.4, 0.5) is 19.0 Å². The summed E-state index contributed by atoms with van der Waals surface area (Å²) in [6.45, 7) is 0.739. The molecule has 7 heteroatoms. The number of benzene rings is 2. The van der Waals surface area contributed by atoms with Crippen LogP contribution in [0.5, 0.6) is 0 Å². The molecule has 0 amide bonds. The quantitative estimate of drug-likeness (QED) is 0.440. The number of pyridine rings is 1. The van der Waals surface area contributed by atoms with Crippen LogP contribution in [0.25, 0.3) is 22.2 Å². The number of halogens is 3. The van der Waals surface area contributed by atoms with Gasteiger partial charge in [0.25, 0.3) is 0 Å². The minimum absolute atomic E-state index is 0.105. The minimum Gasteiger partial charge on any atom is -0.369 e. The fourth-order valence-electron chi connectivity index (χ4n) is 3.97. The molecule has 0 bridgehead atoms. The maximum Gasteiger partial charge on any atom is 0.418 e. The van der Waals surface area contributed by atoms with E-state index in [1.54, 1.807) is 18.2 Å². The van der Waals surface area contributed by atoms with Gasteiger partial charge >= 0.3 is 6.18 Å². The Morgan fingerprint density at radius 3 is 2.45 bits per heavy atom. The third-order valence-corrected chi connectivity index (χ3v) is 5.86. The lowest BCUT2D eigenvalue weighted by molar-refractivity contribution is -0.137. The molecular formula is C24H19F3N4. The number of aromatic nitrogens is 3. The number of alkyl halides is 3. The van der Waals surface area contributed by atoms with Gasteiger partial charge in [-0.1, -0.05) is 36.4 Å². The van der Waals surface area contributed by atoms with Crippen molar-refractivity contribution in [2.45, 2.75) is 24.4 Å². The van der Waals surface area contributed by atoms with E-state index in [1.807, 2.05) is 18.2 Å². The molecule has 1 aliphatic carbocycles. The van der Waals surface area contributed by atoms with Crippen molar-refractivity contribution in [1.29, 1.82) is 0 Å². The first kappa shape index (κ1) is 19.5. The van der Waals surface area contributed by atoms with E-state index in [0.717, 1.165) is 30.8 Å². The van der Waals surface area contributed by atoms with Crippen molar-refractivity contribution in [3.8, 4) is 11.3 Å². The van der Waals surface area contributed by atoms with Gasteiger partial charge in [0.05, 0.1) is 16.8 Å². The molecule has 2 aromatic carbocycles. The van der Waals surface area contributed by atoms with E-state index in [-0.39, 0.29) is 11.1 Å². The first-order valence-electron chi connectivity index (χ1n) is 10.0. The summed E-state index contributed by atoms with van der Waals surface area (Å²) in [7, 11) is 0. The first-order chi connectivity index (χ1) is 15.0. The second-order valence-corrected chi connectivity index (χ2v) is 7.85. The van der Waals surface area contributed by atoms with E-state index in [2.05, 4.69) is 32.4 Å². The van der Waals surface area contributed by atoms with Crippen molar-refractivity contribution in [3.05, 3.63) is 84.3 Å². The standard InChI is InChI=1S/C24H19F3N4/c25-24(26,27)19-7-4-12-28-21(19)16-8-9-18-20(13-16)30-15-31-22(18)29-14-23(10-11-23)17-5-2-1-3-6-17/h1-9,12-13,15H,10-11,14H2,(H,29,30,31). The predicted octanol–water partition coefficient (Wildman–Crippen LogP) is 5.85. The lowest BCUT2D eigenvalue weighted by Crippen LogP contribution is -2.20. The Bertz CT molecular complexity index is 1230. The second kappa shape index (κ2) is 7.34. The molecule has 5 rings (SSSR count). The highest BCUT2D eigenvalue weighted by Crippen LogP contribution is 2.48. The normalized spacial score (nSPS) is 15.1. The summed E-state index contributed by atoms with van der Waals surface area (Å²) >= 11 is 0. The van der Waals surface area contributed by atoms with Gasteiger partial charge in [0.1, 0.15) is 12.1 Å². The van der Waals surface area contributed by atoms with Gasteiger partial charge in [0.15, 0.2) is 0 Å². The Morgan fingerprint density at radius 1 is 0.903 bits per heavy atom. The predicted molar refractivity (Wildman–Crippen MR) is 114 cm³/mol. The fourth-order valence-corrected chi connectivity index (χ4v) is 3.97. The van der Waals surface area contributed by atoms with E-state index in [0.29, 0.717) is 16.9 Å². The van der Waals surface area contributed by atoms with Gasteiger partial charge in [-0.15, -0.1) is 0 Å². The third-order valence-electron chi connectivity index (χ3n) is 5.86. The van der Waals surface area contributed by atoms with Crippen molar-refractivity contribution in [3.63, 3.8) is 0 Å². The van der Waals surface area contributed by atoms with Crippen LogP contribution in [0.1, 0.15) is 24.0 Å². The van der Waals surface area contributed by atoms with Crippen molar-refractivity contribution in [1.82, 2.24) is 15.0 Å². The van der Waals surface area contributed by atoms with Gasteiger partial charge in [0, 0.05) is 29.1 Å². The van der Waals surface area contributed by atoms with Crippen LogP contribution in [0, 0.1) is 0 Å². The number of anilines is 1. The van der Waals surface area contributed by atoms with Crippen LogP contribution in [0.15, 0.2) is 73.2 Å². The van der Waals surface area contributed by atoms with Crippen LogP contribution in [0.2, 0.25) is 0 Å². The van der Waals surface area contributed by atoms with Crippen molar-refractivity contribution >= 4 is 16.7 Å². The molecule has 156 valence electrons. The smallest absolute Gasteiger partial charge is 0.369 e. The van der Waals surface area contributed by atoms with Crippen LogP contribution >= 0.6 is 0 Å². The zero-order valence-corrected chi connectivity index (χ0v) is 16.5. The molecular weight excluding hydrogens is 401 g/mol. The van der Waals surface area contributed by atoms with Gasteiger partial charge < -0.3 is 5.32 Å². The Hall–Kier alpha value is -3.48. The topological polar surface area (TPSA) is 50.7 Å². The molecule has 1 aliphatic rings. The van der Waals surface area contributed by atoms with Gasteiger partial charge in [-0.3, -0.25) is 4.98 Å². The highest BCUT2D eigenvalue weighted by molar-refractivity contribution is 5.92. The molecule has 4 aromatic rings. The van der Waals surface area contributed by atoms with Gasteiger partial charge in [-0.2, -0.15) is 13.2 Å². The van der Waals surface area contributed by atoms with E-state index >= 15 is 0 Å². The number of rotatable bonds is 5. The molecule has 1 fully saturated rings. The fraction of sp³-hybridized carbons (Fsp3) is 0.208. The zero-order chi connectivity index (χ0) is 21.5. The second-order valence-electron chi connectivity index (χ2n) is 7.85. The zero-order valence-electron chi connectivity index (χ0n) is 16.5. The molecule has 0 atom stereocenters. The number of nitrogens with one attached hydrogen (secondary N) is 1. The molecule has 1 N–H and O–H groups in total. The minimum atomic E-state index is -4.48. The molecule has 31 heavy (non-hydrogen) atoms. The molecule has 0 spiro atoms.